The van der Waals surface area contributed by atoms with Gasteiger partial charge in [0, 0.05) is 12.2 Å². The lowest BCUT2D eigenvalue weighted by atomic mass is 9.67. The van der Waals surface area contributed by atoms with E-state index < -0.39 is 6.10 Å². The average molecular weight is 273 g/mol. The monoisotopic (exact) mass is 273 g/mol. The van der Waals surface area contributed by atoms with Crippen LogP contribution in [0.25, 0.3) is 11.0 Å². The number of hydrogen-bond donors (Lipinski definition) is 2. The number of aromatic nitrogens is 2. The van der Waals surface area contributed by atoms with E-state index >= 15 is 0 Å². The van der Waals surface area contributed by atoms with Gasteiger partial charge in [-0.25, -0.2) is 4.98 Å². The molecule has 108 valence electrons. The zero-order valence-electron chi connectivity index (χ0n) is 12.3. The summed E-state index contributed by atoms with van der Waals surface area (Å²) in [5, 5.41) is 10.0. The highest BCUT2D eigenvalue weighted by Gasteiger charge is 2.36. The van der Waals surface area contributed by atoms with Crippen molar-refractivity contribution in [1.29, 1.82) is 0 Å². The van der Waals surface area contributed by atoms with Crippen LogP contribution in [0.2, 0.25) is 0 Å². The summed E-state index contributed by atoms with van der Waals surface area (Å²) >= 11 is 0. The third-order valence-corrected chi connectivity index (χ3v) is 4.83. The SMILES string of the molecule is CCC1(Cn2c(C(C)O)nc3cc(N)ccc32)CCC1. The van der Waals surface area contributed by atoms with Crippen molar-refractivity contribution in [3.05, 3.63) is 24.0 Å². The predicted octanol–water partition coefficient (Wildman–Crippen LogP) is 3.25. The van der Waals surface area contributed by atoms with Crippen LogP contribution in [0.4, 0.5) is 5.69 Å². The number of benzene rings is 1. The maximum Gasteiger partial charge on any atom is 0.138 e. The normalized spacial score (nSPS) is 18.9. The smallest absolute Gasteiger partial charge is 0.138 e. The highest BCUT2D eigenvalue weighted by molar-refractivity contribution is 5.79. The van der Waals surface area contributed by atoms with Crippen molar-refractivity contribution >= 4 is 16.7 Å². The number of aliphatic hydroxyl groups excluding tert-OH is 1. The van der Waals surface area contributed by atoms with Gasteiger partial charge in [0.05, 0.1) is 11.0 Å². The Morgan fingerprint density at radius 3 is 2.75 bits per heavy atom. The zero-order valence-corrected chi connectivity index (χ0v) is 12.3. The molecule has 2 aromatic rings. The second-order valence-electron chi connectivity index (χ2n) is 6.19. The Morgan fingerprint density at radius 2 is 2.20 bits per heavy atom. The van der Waals surface area contributed by atoms with Gasteiger partial charge in [-0.15, -0.1) is 0 Å². The highest BCUT2D eigenvalue weighted by atomic mass is 16.3. The lowest BCUT2D eigenvalue weighted by Crippen LogP contribution is -2.34. The van der Waals surface area contributed by atoms with Gasteiger partial charge < -0.3 is 15.4 Å². The number of nitrogens with zero attached hydrogens (tertiary/aromatic N) is 2. The largest absolute Gasteiger partial charge is 0.399 e. The molecule has 1 aliphatic rings. The molecule has 1 atom stereocenters. The van der Waals surface area contributed by atoms with Crippen molar-refractivity contribution in [2.24, 2.45) is 5.41 Å². The molecule has 0 aliphatic heterocycles. The van der Waals surface area contributed by atoms with Gasteiger partial charge in [0.2, 0.25) is 0 Å². The molecular weight excluding hydrogens is 250 g/mol. The first-order valence-electron chi connectivity index (χ1n) is 7.48. The van der Waals surface area contributed by atoms with Crippen LogP contribution in [0, 0.1) is 5.41 Å². The van der Waals surface area contributed by atoms with E-state index in [1.54, 1.807) is 6.92 Å². The number of anilines is 1. The fourth-order valence-corrected chi connectivity index (χ4v) is 3.29. The predicted molar refractivity (Wildman–Crippen MR) is 81.4 cm³/mol. The molecular formula is C16H23N3O. The molecule has 3 rings (SSSR count). The van der Waals surface area contributed by atoms with Gasteiger partial charge in [0.1, 0.15) is 11.9 Å². The summed E-state index contributed by atoms with van der Waals surface area (Å²) in [5.74, 6) is 0.755. The molecule has 1 heterocycles. The summed E-state index contributed by atoms with van der Waals surface area (Å²) in [6.45, 7) is 4.99. The van der Waals surface area contributed by atoms with Crippen LogP contribution in [-0.2, 0) is 6.54 Å². The quantitative estimate of drug-likeness (QED) is 0.840. The molecule has 0 saturated heterocycles. The molecule has 0 amide bonds. The van der Waals surface area contributed by atoms with Crippen LogP contribution < -0.4 is 5.73 Å². The third kappa shape index (κ3) is 2.08. The van der Waals surface area contributed by atoms with E-state index in [4.69, 9.17) is 5.73 Å². The van der Waals surface area contributed by atoms with Crippen molar-refractivity contribution in [1.82, 2.24) is 9.55 Å². The fraction of sp³-hybridized carbons (Fsp3) is 0.562. The summed E-state index contributed by atoms with van der Waals surface area (Å²) in [6, 6.07) is 5.81. The molecule has 0 spiro atoms. The summed E-state index contributed by atoms with van der Waals surface area (Å²) in [5.41, 5.74) is 8.90. The van der Waals surface area contributed by atoms with Crippen molar-refractivity contribution in [2.45, 2.75) is 52.2 Å². The Kier molecular flexibility index (Phi) is 3.21. The second kappa shape index (κ2) is 4.77. The summed E-state index contributed by atoms with van der Waals surface area (Å²) < 4.78 is 2.20. The Balaban J connectivity index is 2.09. The molecule has 3 N–H and O–H groups in total. The first kappa shape index (κ1) is 13.4. The van der Waals surface area contributed by atoms with Crippen molar-refractivity contribution < 1.29 is 5.11 Å². The Bertz CT molecular complexity index is 620. The number of nitrogens with two attached hydrogens (primary N) is 1. The lowest BCUT2D eigenvalue weighted by Gasteiger charge is -2.42. The molecule has 1 fully saturated rings. The minimum Gasteiger partial charge on any atom is -0.399 e. The van der Waals surface area contributed by atoms with E-state index in [9.17, 15) is 5.11 Å². The van der Waals surface area contributed by atoms with Gasteiger partial charge in [-0.05, 0) is 49.8 Å². The van der Waals surface area contributed by atoms with Crippen LogP contribution in [-0.4, -0.2) is 14.7 Å². The summed E-state index contributed by atoms with van der Waals surface area (Å²) in [6.07, 6.45) is 4.49. The Morgan fingerprint density at radius 1 is 1.45 bits per heavy atom. The second-order valence-corrected chi connectivity index (χ2v) is 6.19. The number of imidazole rings is 1. The van der Waals surface area contributed by atoms with Crippen LogP contribution in [0.5, 0.6) is 0 Å². The van der Waals surface area contributed by atoms with Crippen LogP contribution in [0.3, 0.4) is 0 Å². The molecule has 4 heteroatoms. The maximum absolute atomic E-state index is 10.0. The Labute approximate surface area is 119 Å². The number of aliphatic hydroxyl groups is 1. The number of rotatable bonds is 4. The van der Waals surface area contributed by atoms with E-state index in [-0.39, 0.29) is 0 Å². The van der Waals surface area contributed by atoms with E-state index in [1.807, 2.05) is 18.2 Å². The van der Waals surface area contributed by atoms with Gasteiger partial charge in [0.25, 0.3) is 0 Å². The molecule has 1 aliphatic carbocycles. The number of nitrogen functional groups attached to an aromatic ring is 1. The highest BCUT2D eigenvalue weighted by Crippen LogP contribution is 2.46. The van der Waals surface area contributed by atoms with Crippen LogP contribution in [0.15, 0.2) is 18.2 Å². The van der Waals surface area contributed by atoms with Crippen molar-refractivity contribution in [3.8, 4) is 0 Å². The Hall–Kier alpha value is -1.55. The number of fused-ring (bicyclic) bond motifs is 1. The van der Waals surface area contributed by atoms with Gasteiger partial charge in [-0.3, -0.25) is 0 Å². The first-order chi connectivity index (χ1) is 9.54. The van der Waals surface area contributed by atoms with E-state index in [1.165, 1.54) is 25.7 Å². The van der Waals surface area contributed by atoms with E-state index in [0.29, 0.717) is 11.1 Å². The van der Waals surface area contributed by atoms with Crippen LogP contribution >= 0.6 is 0 Å². The fourth-order valence-electron chi connectivity index (χ4n) is 3.29. The minimum absolute atomic E-state index is 0.388. The van der Waals surface area contributed by atoms with E-state index in [0.717, 1.165) is 23.4 Å². The minimum atomic E-state index is -0.558. The molecule has 4 nitrogen and oxygen atoms in total. The molecule has 1 unspecified atom stereocenters. The molecule has 20 heavy (non-hydrogen) atoms. The molecule has 1 aromatic heterocycles. The van der Waals surface area contributed by atoms with Crippen molar-refractivity contribution in [2.75, 3.05) is 5.73 Å². The lowest BCUT2D eigenvalue weighted by molar-refractivity contribution is 0.0948. The molecule has 0 bridgehead atoms. The van der Waals surface area contributed by atoms with Gasteiger partial charge in [-0.1, -0.05) is 13.3 Å². The van der Waals surface area contributed by atoms with Gasteiger partial charge >= 0.3 is 0 Å². The first-order valence-corrected chi connectivity index (χ1v) is 7.48. The molecule has 1 aromatic carbocycles. The molecule has 1 saturated carbocycles. The zero-order chi connectivity index (χ0) is 14.3. The summed E-state index contributed by atoms with van der Waals surface area (Å²) in [7, 11) is 0. The van der Waals surface area contributed by atoms with Crippen molar-refractivity contribution in [3.63, 3.8) is 0 Å². The van der Waals surface area contributed by atoms with Crippen LogP contribution in [0.1, 0.15) is 51.5 Å². The summed E-state index contributed by atoms with van der Waals surface area (Å²) in [4.78, 5) is 4.58. The van der Waals surface area contributed by atoms with Gasteiger partial charge in [0.15, 0.2) is 0 Å². The third-order valence-electron chi connectivity index (χ3n) is 4.83. The maximum atomic E-state index is 10.0. The number of hydrogen-bond acceptors (Lipinski definition) is 3. The standard InChI is InChI=1S/C16H23N3O/c1-3-16(7-4-8-16)10-19-14-6-5-12(17)9-13(14)18-15(19)11(2)20/h5-6,9,11,20H,3-4,7-8,10,17H2,1-2H3. The average Bonchev–Trinajstić information content (AvgIpc) is 2.71. The topological polar surface area (TPSA) is 64.1 Å². The molecule has 0 radical (unpaired) electrons. The van der Waals surface area contributed by atoms with Gasteiger partial charge in [-0.2, -0.15) is 0 Å². The van der Waals surface area contributed by atoms with E-state index in [2.05, 4.69) is 16.5 Å².